The van der Waals surface area contributed by atoms with Crippen molar-refractivity contribution in [3.05, 3.63) is 29.3 Å². The molecule has 0 unspecified atom stereocenters. The number of thioether (sulfide) groups is 1. The summed E-state index contributed by atoms with van der Waals surface area (Å²) in [6, 6.07) is 6.62. The van der Waals surface area contributed by atoms with Crippen molar-refractivity contribution in [3.63, 3.8) is 0 Å². The van der Waals surface area contributed by atoms with Crippen LogP contribution in [0.5, 0.6) is 0 Å². The van der Waals surface area contributed by atoms with Gasteiger partial charge in [-0.3, -0.25) is 0 Å². The molecule has 0 saturated carbocycles. The average molecular weight is 225 g/mol. The Morgan fingerprint density at radius 1 is 1.40 bits per heavy atom. The normalized spacial score (nSPS) is 10.6. The van der Waals surface area contributed by atoms with Crippen LogP contribution in [0.1, 0.15) is 11.1 Å². The number of methoxy groups -OCH3 is 1. The minimum Gasteiger partial charge on any atom is -0.384 e. The Bertz CT molecular complexity index is 302. The summed E-state index contributed by atoms with van der Waals surface area (Å²) < 4.78 is 5.03. The quantitative estimate of drug-likeness (QED) is 0.593. The van der Waals surface area contributed by atoms with Gasteiger partial charge in [0, 0.05) is 24.3 Å². The van der Waals surface area contributed by atoms with E-state index in [0.717, 1.165) is 18.9 Å². The number of hydrogen-bond donors (Lipinski definition) is 1. The van der Waals surface area contributed by atoms with Crippen molar-refractivity contribution >= 4 is 11.8 Å². The van der Waals surface area contributed by atoms with E-state index in [4.69, 9.17) is 4.74 Å². The van der Waals surface area contributed by atoms with E-state index in [1.807, 2.05) is 18.8 Å². The molecule has 0 spiro atoms. The molecule has 84 valence electrons. The number of hydrogen-bond acceptors (Lipinski definition) is 3. The minimum atomic E-state index is 0.808. The van der Waals surface area contributed by atoms with Gasteiger partial charge in [-0.2, -0.15) is 0 Å². The van der Waals surface area contributed by atoms with Crippen LogP contribution in [0.3, 0.4) is 0 Å². The summed E-state index contributed by atoms with van der Waals surface area (Å²) in [6.45, 7) is 3.90. The maximum absolute atomic E-state index is 5.03. The third kappa shape index (κ3) is 4.24. The van der Waals surface area contributed by atoms with Crippen LogP contribution in [-0.4, -0.2) is 26.5 Å². The fourth-order valence-corrected chi connectivity index (χ4v) is 2.34. The van der Waals surface area contributed by atoms with Crippen LogP contribution in [0.4, 0.5) is 0 Å². The van der Waals surface area contributed by atoms with E-state index in [1.54, 1.807) is 7.11 Å². The Morgan fingerprint density at radius 2 is 2.20 bits per heavy atom. The highest BCUT2D eigenvalue weighted by Gasteiger charge is 2.00. The Balaban J connectivity index is 2.58. The summed E-state index contributed by atoms with van der Waals surface area (Å²) in [5, 5.41) is 3.16. The Hall–Kier alpha value is -0.510. The number of ether oxygens (including phenoxy) is 1. The standard InChI is InChI=1S/C12H19NOS/c1-10-8-11(9-13-2)4-5-12(10)15-7-6-14-3/h4-5,8,13H,6-7,9H2,1-3H3. The molecule has 0 radical (unpaired) electrons. The zero-order chi connectivity index (χ0) is 11.1. The van der Waals surface area contributed by atoms with Crippen molar-refractivity contribution in [1.29, 1.82) is 0 Å². The molecular formula is C12H19NOS. The first-order valence-corrected chi connectivity index (χ1v) is 6.12. The van der Waals surface area contributed by atoms with Gasteiger partial charge in [0.2, 0.25) is 0 Å². The number of rotatable bonds is 6. The maximum atomic E-state index is 5.03. The van der Waals surface area contributed by atoms with E-state index < -0.39 is 0 Å². The van der Waals surface area contributed by atoms with Crippen molar-refractivity contribution in [2.45, 2.75) is 18.4 Å². The summed E-state index contributed by atoms with van der Waals surface area (Å²) in [4.78, 5) is 1.35. The smallest absolute Gasteiger partial charge is 0.0556 e. The lowest BCUT2D eigenvalue weighted by atomic mass is 10.1. The molecule has 0 saturated heterocycles. The third-order valence-corrected chi connectivity index (χ3v) is 3.31. The zero-order valence-corrected chi connectivity index (χ0v) is 10.5. The van der Waals surface area contributed by atoms with Crippen LogP contribution < -0.4 is 5.32 Å². The molecule has 1 aromatic carbocycles. The van der Waals surface area contributed by atoms with Gasteiger partial charge >= 0.3 is 0 Å². The largest absolute Gasteiger partial charge is 0.384 e. The van der Waals surface area contributed by atoms with Gasteiger partial charge in [-0.05, 0) is 31.2 Å². The average Bonchev–Trinajstić information content (AvgIpc) is 2.22. The first kappa shape index (κ1) is 12.6. The highest BCUT2D eigenvalue weighted by Crippen LogP contribution is 2.23. The molecule has 15 heavy (non-hydrogen) atoms. The second-order valence-electron chi connectivity index (χ2n) is 3.47. The highest BCUT2D eigenvalue weighted by atomic mass is 32.2. The van der Waals surface area contributed by atoms with E-state index >= 15 is 0 Å². The first-order chi connectivity index (χ1) is 7.27. The van der Waals surface area contributed by atoms with Gasteiger partial charge in [-0.1, -0.05) is 12.1 Å². The van der Waals surface area contributed by atoms with Gasteiger partial charge < -0.3 is 10.1 Å². The van der Waals surface area contributed by atoms with Gasteiger partial charge in [-0.15, -0.1) is 11.8 Å². The molecule has 0 heterocycles. The number of nitrogens with one attached hydrogen (secondary N) is 1. The second kappa shape index (κ2) is 6.88. The molecule has 1 N–H and O–H groups in total. The number of benzene rings is 1. The molecule has 0 aliphatic carbocycles. The minimum absolute atomic E-state index is 0.808. The van der Waals surface area contributed by atoms with Crippen LogP contribution in [0, 0.1) is 6.92 Å². The predicted octanol–water partition coefficient (Wildman–Crippen LogP) is 2.45. The van der Waals surface area contributed by atoms with Crippen molar-refractivity contribution in [3.8, 4) is 0 Å². The maximum Gasteiger partial charge on any atom is 0.0556 e. The van der Waals surface area contributed by atoms with Crippen molar-refractivity contribution in [1.82, 2.24) is 5.32 Å². The molecule has 2 nitrogen and oxygen atoms in total. The lowest BCUT2D eigenvalue weighted by Gasteiger charge is -2.07. The molecule has 0 amide bonds. The Labute approximate surface area is 96.4 Å². The van der Waals surface area contributed by atoms with Crippen LogP contribution in [0.25, 0.3) is 0 Å². The van der Waals surface area contributed by atoms with Gasteiger partial charge in [0.15, 0.2) is 0 Å². The molecule has 0 aliphatic heterocycles. The summed E-state index contributed by atoms with van der Waals surface area (Å²) in [6.07, 6.45) is 0. The van der Waals surface area contributed by atoms with Crippen LogP contribution in [-0.2, 0) is 11.3 Å². The van der Waals surface area contributed by atoms with Crippen molar-refractivity contribution in [2.75, 3.05) is 26.5 Å². The molecule has 3 heteroatoms. The first-order valence-electron chi connectivity index (χ1n) is 5.13. The van der Waals surface area contributed by atoms with E-state index in [0.29, 0.717) is 0 Å². The van der Waals surface area contributed by atoms with Gasteiger partial charge in [0.05, 0.1) is 6.61 Å². The molecular weight excluding hydrogens is 206 g/mol. The van der Waals surface area contributed by atoms with E-state index in [-0.39, 0.29) is 0 Å². The summed E-state index contributed by atoms with van der Waals surface area (Å²) in [5.74, 6) is 1.02. The van der Waals surface area contributed by atoms with Gasteiger partial charge in [-0.25, -0.2) is 0 Å². The monoisotopic (exact) mass is 225 g/mol. The molecule has 0 aliphatic rings. The van der Waals surface area contributed by atoms with Gasteiger partial charge in [0.1, 0.15) is 0 Å². The molecule has 1 rings (SSSR count). The van der Waals surface area contributed by atoms with E-state index in [1.165, 1.54) is 16.0 Å². The highest BCUT2D eigenvalue weighted by molar-refractivity contribution is 7.99. The zero-order valence-electron chi connectivity index (χ0n) is 9.67. The fraction of sp³-hybridized carbons (Fsp3) is 0.500. The van der Waals surface area contributed by atoms with Crippen LogP contribution in [0.15, 0.2) is 23.1 Å². The van der Waals surface area contributed by atoms with Crippen LogP contribution in [0.2, 0.25) is 0 Å². The molecule has 1 aromatic rings. The van der Waals surface area contributed by atoms with E-state index in [2.05, 4.69) is 30.4 Å². The third-order valence-electron chi connectivity index (χ3n) is 2.17. The number of aryl methyl sites for hydroxylation is 1. The second-order valence-corrected chi connectivity index (χ2v) is 4.61. The summed E-state index contributed by atoms with van der Waals surface area (Å²) >= 11 is 1.85. The SMILES string of the molecule is CNCc1ccc(SCCOC)c(C)c1. The van der Waals surface area contributed by atoms with E-state index in [9.17, 15) is 0 Å². The molecule has 0 atom stereocenters. The van der Waals surface area contributed by atoms with Crippen LogP contribution >= 0.6 is 11.8 Å². The Kier molecular flexibility index (Phi) is 5.76. The van der Waals surface area contributed by atoms with Gasteiger partial charge in [0.25, 0.3) is 0 Å². The summed E-state index contributed by atoms with van der Waals surface area (Å²) in [5.41, 5.74) is 2.69. The molecule has 0 bridgehead atoms. The lowest BCUT2D eigenvalue weighted by Crippen LogP contribution is -2.05. The van der Waals surface area contributed by atoms with Crippen molar-refractivity contribution < 1.29 is 4.74 Å². The predicted molar refractivity (Wildman–Crippen MR) is 66.5 cm³/mol. The lowest BCUT2D eigenvalue weighted by molar-refractivity contribution is 0.218. The molecule has 0 aromatic heterocycles. The fourth-order valence-electron chi connectivity index (χ4n) is 1.42. The topological polar surface area (TPSA) is 21.3 Å². The molecule has 0 fully saturated rings. The Morgan fingerprint density at radius 3 is 2.80 bits per heavy atom. The summed E-state index contributed by atoms with van der Waals surface area (Å²) in [7, 11) is 3.71. The van der Waals surface area contributed by atoms with Crippen molar-refractivity contribution in [2.24, 2.45) is 0 Å².